The molecule has 2 aromatic carbocycles. The van der Waals surface area contributed by atoms with Gasteiger partial charge in [-0.25, -0.2) is 10.4 Å². The number of benzene rings is 2. The summed E-state index contributed by atoms with van der Waals surface area (Å²) < 4.78 is 13.0. The Kier molecular flexibility index (Phi) is 6.89. The average molecular weight is 416 g/mol. The molecule has 1 N–H and O–H groups in total. The van der Waals surface area contributed by atoms with Gasteiger partial charge in [-0.05, 0) is 49.7 Å². The van der Waals surface area contributed by atoms with Crippen molar-refractivity contribution in [3.05, 3.63) is 48.0 Å². The van der Waals surface area contributed by atoms with Gasteiger partial charge in [0.2, 0.25) is 0 Å². The molecule has 0 fully saturated rings. The number of thioether (sulfide) groups is 1. The maximum Gasteiger partial charge on any atom is 0.250 e. The molecule has 146 valence electrons. The third-order valence-electron chi connectivity index (χ3n) is 3.55. The van der Waals surface area contributed by atoms with E-state index in [0.29, 0.717) is 11.5 Å². The number of hydrazone groups is 1. The summed E-state index contributed by atoms with van der Waals surface area (Å²) >= 11 is 2.98. The zero-order valence-corrected chi connectivity index (χ0v) is 17.5. The molecule has 0 unspecified atom stereocenters. The zero-order chi connectivity index (χ0) is 19.9. The van der Waals surface area contributed by atoms with Crippen LogP contribution >= 0.6 is 23.1 Å². The number of amides is 1. The Hall–Kier alpha value is -2.58. The van der Waals surface area contributed by atoms with E-state index < -0.39 is 0 Å². The van der Waals surface area contributed by atoms with E-state index in [1.807, 2.05) is 56.3 Å². The average Bonchev–Trinajstić information content (AvgIpc) is 3.10. The molecule has 6 nitrogen and oxygen atoms in total. The van der Waals surface area contributed by atoms with Gasteiger partial charge in [-0.15, -0.1) is 11.3 Å². The number of hydrogen-bond acceptors (Lipinski definition) is 7. The number of ether oxygens (including phenoxy) is 2. The Morgan fingerprint density at radius 2 is 2.11 bits per heavy atom. The number of rotatable bonds is 8. The SMILES string of the molecule is COc1cc(/C=N/NC(=O)CSc2nc3ccccc3s2)ccc1OC(C)C. The molecule has 8 heteroatoms. The van der Waals surface area contributed by atoms with Crippen LogP contribution in [0.3, 0.4) is 0 Å². The number of aromatic nitrogens is 1. The molecule has 0 aliphatic carbocycles. The van der Waals surface area contributed by atoms with Crippen LogP contribution in [0.15, 0.2) is 51.9 Å². The minimum absolute atomic E-state index is 0.0561. The Bertz CT molecular complexity index is 953. The standard InChI is InChI=1S/C20H21N3O3S2/c1-13(2)26-16-9-8-14(10-17(16)25-3)11-21-23-19(24)12-27-20-22-15-6-4-5-7-18(15)28-20/h4-11,13H,12H2,1-3H3,(H,23,24)/b21-11+. The molecular weight excluding hydrogens is 394 g/mol. The lowest BCUT2D eigenvalue weighted by Gasteiger charge is -2.13. The summed E-state index contributed by atoms with van der Waals surface area (Å²) in [6.07, 6.45) is 1.63. The number of carbonyl (C=O) groups excluding carboxylic acids is 1. The maximum atomic E-state index is 12.0. The molecule has 1 heterocycles. The van der Waals surface area contributed by atoms with Crippen molar-refractivity contribution in [2.45, 2.75) is 24.3 Å². The van der Waals surface area contributed by atoms with Crippen LogP contribution in [0.5, 0.6) is 11.5 Å². The zero-order valence-electron chi connectivity index (χ0n) is 15.8. The lowest BCUT2D eigenvalue weighted by molar-refractivity contribution is -0.118. The van der Waals surface area contributed by atoms with Crippen LogP contribution in [0.1, 0.15) is 19.4 Å². The van der Waals surface area contributed by atoms with E-state index in [-0.39, 0.29) is 17.8 Å². The number of hydrogen-bond donors (Lipinski definition) is 1. The van der Waals surface area contributed by atoms with Crippen molar-refractivity contribution >= 4 is 45.4 Å². The quantitative estimate of drug-likeness (QED) is 0.337. The van der Waals surface area contributed by atoms with Crippen LogP contribution in [0, 0.1) is 0 Å². The van der Waals surface area contributed by atoms with E-state index in [9.17, 15) is 4.79 Å². The monoisotopic (exact) mass is 415 g/mol. The van der Waals surface area contributed by atoms with Crippen molar-refractivity contribution in [1.82, 2.24) is 10.4 Å². The number of carbonyl (C=O) groups is 1. The van der Waals surface area contributed by atoms with Crippen molar-refractivity contribution in [2.75, 3.05) is 12.9 Å². The van der Waals surface area contributed by atoms with Crippen molar-refractivity contribution in [3.8, 4) is 11.5 Å². The van der Waals surface area contributed by atoms with Crippen LogP contribution in [-0.4, -0.2) is 36.1 Å². The molecule has 0 atom stereocenters. The summed E-state index contributed by atoms with van der Waals surface area (Å²) in [5.41, 5.74) is 4.28. The highest BCUT2D eigenvalue weighted by molar-refractivity contribution is 8.01. The van der Waals surface area contributed by atoms with Gasteiger partial charge >= 0.3 is 0 Å². The van der Waals surface area contributed by atoms with Gasteiger partial charge < -0.3 is 9.47 Å². The summed E-state index contributed by atoms with van der Waals surface area (Å²) in [5.74, 6) is 1.36. The van der Waals surface area contributed by atoms with Crippen molar-refractivity contribution in [2.24, 2.45) is 5.10 Å². The van der Waals surface area contributed by atoms with E-state index in [4.69, 9.17) is 9.47 Å². The fraction of sp³-hybridized carbons (Fsp3) is 0.250. The van der Waals surface area contributed by atoms with Crippen molar-refractivity contribution in [1.29, 1.82) is 0 Å². The molecule has 1 amide bonds. The van der Waals surface area contributed by atoms with E-state index in [1.165, 1.54) is 11.8 Å². The van der Waals surface area contributed by atoms with Crippen LogP contribution in [0.4, 0.5) is 0 Å². The second-order valence-corrected chi connectivity index (χ2v) is 8.36. The van der Waals surface area contributed by atoms with Crippen LogP contribution < -0.4 is 14.9 Å². The van der Waals surface area contributed by atoms with Crippen LogP contribution in [-0.2, 0) is 4.79 Å². The Balaban J connectivity index is 1.52. The minimum atomic E-state index is -0.188. The van der Waals surface area contributed by atoms with Gasteiger partial charge in [0.1, 0.15) is 0 Å². The lowest BCUT2D eigenvalue weighted by atomic mass is 10.2. The van der Waals surface area contributed by atoms with Crippen molar-refractivity contribution < 1.29 is 14.3 Å². The Morgan fingerprint density at radius 1 is 1.29 bits per heavy atom. The molecule has 0 aliphatic rings. The molecule has 1 aromatic heterocycles. The number of nitrogens with zero attached hydrogens (tertiary/aromatic N) is 2. The number of fused-ring (bicyclic) bond motifs is 1. The van der Waals surface area contributed by atoms with Crippen LogP contribution in [0.25, 0.3) is 10.2 Å². The molecule has 3 aromatic rings. The normalized spacial score (nSPS) is 11.3. The fourth-order valence-electron chi connectivity index (χ4n) is 2.37. The highest BCUT2D eigenvalue weighted by atomic mass is 32.2. The first-order valence-corrected chi connectivity index (χ1v) is 10.5. The Labute approximate surface area is 172 Å². The Morgan fingerprint density at radius 3 is 2.86 bits per heavy atom. The van der Waals surface area contributed by atoms with Gasteiger partial charge in [-0.3, -0.25) is 4.79 Å². The highest BCUT2D eigenvalue weighted by Gasteiger charge is 2.08. The summed E-state index contributed by atoms with van der Waals surface area (Å²) in [4.78, 5) is 16.5. The molecule has 28 heavy (non-hydrogen) atoms. The summed E-state index contributed by atoms with van der Waals surface area (Å²) in [6.45, 7) is 3.91. The predicted octanol–water partition coefficient (Wildman–Crippen LogP) is 4.33. The number of para-hydroxylation sites is 1. The predicted molar refractivity (Wildman–Crippen MR) is 115 cm³/mol. The number of methoxy groups -OCH3 is 1. The molecule has 0 aliphatic heterocycles. The molecular formula is C20H21N3O3S2. The van der Waals surface area contributed by atoms with Crippen LogP contribution in [0.2, 0.25) is 0 Å². The first-order chi connectivity index (χ1) is 13.5. The molecule has 0 bridgehead atoms. The minimum Gasteiger partial charge on any atom is -0.493 e. The second-order valence-electron chi connectivity index (χ2n) is 6.11. The molecule has 3 rings (SSSR count). The van der Waals surface area contributed by atoms with Gasteiger partial charge in [0.05, 0.1) is 35.4 Å². The van der Waals surface area contributed by atoms with Gasteiger partial charge in [-0.2, -0.15) is 5.10 Å². The number of thiazole rings is 1. The van der Waals surface area contributed by atoms with E-state index in [1.54, 1.807) is 24.7 Å². The molecule has 0 radical (unpaired) electrons. The first-order valence-electron chi connectivity index (χ1n) is 8.70. The van der Waals surface area contributed by atoms with Gasteiger partial charge in [0, 0.05) is 0 Å². The van der Waals surface area contributed by atoms with E-state index in [0.717, 1.165) is 20.1 Å². The van der Waals surface area contributed by atoms with Crippen molar-refractivity contribution in [3.63, 3.8) is 0 Å². The van der Waals surface area contributed by atoms with E-state index >= 15 is 0 Å². The maximum absolute atomic E-state index is 12.0. The van der Waals surface area contributed by atoms with Gasteiger partial charge in [0.25, 0.3) is 5.91 Å². The topological polar surface area (TPSA) is 72.8 Å². The van der Waals surface area contributed by atoms with Gasteiger partial charge in [0.15, 0.2) is 15.8 Å². The third-order valence-corrected chi connectivity index (χ3v) is 5.73. The highest BCUT2D eigenvalue weighted by Crippen LogP contribution is 2.29. The molecule has 0 saturated carbocycles. The first kappa shape index (κ1) is 20.2. The van der Waals surface area contributed by atoms with E-state index in [2.05, 4.69) is 15.5 Å². The molecule has 0 saturated heterocycles. The third kappa shape index (κ3) is 5.46. The number of nitrogens with one attached hydrogen (secondary N) is 1. The molecule has 0 spiro atoms. The summed E-state index contributed by atoms with van der Waals surface area (Å²) in [5, 5.41) is 4.01. The summed E-state index contributed by atoms with van der Waals surface area (Å²) in [6, 6.07) is 13.4. The summed E-state index contributed by atoms with van der Waals surface area (Å²) in [7, 11) is 1.59. The second kappa shape index (κ2) is 9.57. The fourth-order valence-corrected chi connectivity index (χ4v) is 4.23. The smallest absolute Gasteiger partial charge is 0.250 e. The lowest BCUT2D eigenvalue weighted by Crippen LogP contribution is -2.19. The largest absolute Gasteiger partial charge is 0.493 e. The van der Waals surface area contributed by atoms with Gasteiger partial charge in [-0.1, -0.05) is 23.9 Å².